The lowest BCUT2D eigenvalue weighted by Gasteiger charge is -2.06. The van der Waals surface area contributed by atoms with Crippen LogP contribution in [0.2, 0.25) is 5.02 Å². The van der Waals surface area contributed by atoms with Crippen molar-refractivity contribution < 1.29 is 9.53 Å². The maximum Gasteiger partial charge on any atom is 0.234 e. The smallest absolute Gasteiger partial charge is 0.234 e. The predicted molar refractivity (Wildman–Crippen MR) is 104 cm³/mol. The van der Waals surface area contributed by atoms with E-state index in [1.165, 1.54) is 11.8 Å². The van der Waals surface area contributed by atoms with Gasteiger partial charge in [-0.1, -0.05) is 41.6 Å². The average Bonchev–Trinajstić information content (AvgIpc) is 3.10. The molecule has 134 valence electrons. The third-order valence-electron chi connectivity index (χ3n) is 3.35. The minimum atomic E-state index is -0.154. The van der Waals surface area contributed by atoms with Crippen molar-refractivity contribution in [2.75, 3.05) is 17.7 Å². The van der Waals surface area contributed by atoms with Gasteiger partial charge in [-0.2, -0.15) is 0 Å². The SMILES string of the molecule is CCOc1ccccc1-c1nc(SCC(=O)Nc2cccc(Cl)c2)n[nH]1. The zero-order chi connectivity index (χ0) is 18.4. The summed E-state index contributed by atoms with van der Waals surface area (Å²) in [6.45, 7) is 2.49. The molecule has 1 aromatic heterocycles. The molecule has 0 aliphatic heterocycles. The van der Waals surface area contributed by atoms with Crippen molar-refractivity contribution in [3.63, 3.8) is 0 Å². The molecule has 3 rings (SSSR count). The Morgan fingerprint density at radius 3 is 2.92 bits per heavy atom. The van der Waals surface area contributed by atoms with Crippen LogP contribution in [-0.2, 0) is 4.79 Å². The number of thioether (sulfide) groups is 1. The summed E-state index contributed by atoms with van der Waals surface area (Å²) in [5.74, 6) is 1.38. The number of aromatic nitrogens is 3. The van der Waals surface area contributed by atoms with Crippen LogP contribution in [0.5, 0.6) is 5.75 Å². The van der Waals surface area contributed by atoms with E-state index in [1.54, 1.807) is 24.3 Å². The molecule has 3 aromatic rings. The van der Waals surface area contributed by atoms with Crippen molar-refractivity contribution in [1.82, 2.24) is 15.2 Å². The van der Waals surface area contributed by atoms with Gasteiger partial charge < -0.3 is 10.1 Å². The van der Waals surface area contributed by atoms with Gasteiger partial charge in [0.25, 0.3) is 0 Å². The van der Waals surface area contributed by atoms with Crippen LogP contribution < -0.4 is 10.1 Å². The first-order valence-corrected chi connectivity index (χ1v) is 9.35. The molecule has 0 aliphatic rings. The van der Waals surface area contributed by atoms with Crippen LogP contribution in [-0.4, -0.2) is 33.4 Å². The number of halogens is 1. The Morgan fingerprint density at radius 2 is 2.12 bits per heavy atom. The van der Waals surface area contributed by atoms with Crippen molar-refractivity contribution in [1.29, 1.82) is 0 Å². The summed E-state index contributed by atoms with van der Waals surface area (Å²) in [5, 5.41) is 10.9. The molecular weight excluding hydrogens is 372 g/mol. The van der Waals surface area contributed by atoms with E-state index in [2.05, 4.69) is 20.5 Å². The van der Waals surface area contributed by atoms with E-state index >= 15 is 0 Å². The van der Waals surface area contributed by atoms with Gasteiger partial charge >= 0.3 is 0 Å². The maximum absolute atomic E-state index is 12.1. The number of aromatic amines is 1. The van der Waals surface area contributed by atoms with E-state index in [-0.39, 0.29) is 11.7 Å². The number of hydrogen-bond donors (Lipinski definition) is 2. The molecule has 1 amide bonds. The fourth-order valence-electron chi connectivity index (χ4n) is 2.27. The van der Waals surface area contributed by atoms with Crippen LogP contribution in [0, 0.1) is 0 Å². The topological polar surface area (TPSA) is 79.9 Å². The van der Waals surface area contributed by atoms with Crippen molar-refractivity contribution in [2.24, 2.45) is 0 Å². The fourth-order valence-corrected chi connectivity index (χ4v) is 3.06. The molecule has 0 atom stereocenters. The third-order valence-corrected chi connectivity index (χ3v) is 4.43. The van der Waals surface area contributed by atoms with Gasteiger partial charge in [-0.25, -0.2) is 4.98 Å². The van der Waals surface area contributed by atoms with Crippen molar-refractivity contribution >= 4 is 35.0 Å². The van der Waals surface area contributed by atoms with E-state index in [4.69, 9.17) is 16.3 Å². The van der Waals surface area contributed by atoms with Gasteiger partial charge in [0.2, 0.25) is 11.1 Å². The van der Waals surface area contributed by atoms with Crippen LogP contribution in [0.25, 0.3) is 11.4 Å². The maximum atomic E-state index is 12.1. The molecule has 0 unspecified atom stereocenters. The van der Waals surface area contributed by atoms with E-state index in [9.17, 15) is 4.79 Å². The van der Waals surface area contributed by atoms with Crippen LogP contribution in [0.3, 0.4) is 0 Å². The third kappa shape index (κ3) is 4.77. The van der Waals surface area contributed by atoms with Crippen LogP contribution in [0.4, 0.5) is 5.69 Å². The highest BCUT2D eigenvalue weighted by atomic mass is 35.5. The molecule has 2 N–H and O–H groups in total. The minimum Gasteiger partial charge on any atom is -0.493 e. The van der Waals surface area contributed by atoms with Gasteiger partial charge in [-0.15, -0.1) is 5.10 Å². The van der Waals surface area contributed by atoms with Gasteiger partial charge in [0.05, 0.1) is 17.9 Å². The molecule has 1 heterocycles. The molecule has 8 heteroatoms. The molecule has 0 spiro atoms. The second kappa shape index (κ2) is 8.73. The van der Waals surface area contributed by atoms with Gasteiger partial charge in [-0.3, -0.25) is 9.89 Å². The molecule has 0 saturated heterocycles. The molecule has 0 bridgehead atoms. The lowest BCUT2D eigenvalue weighted by Crippen LogP contribution is -2.14. The average molecular weight is 389 g/mol. The Morgan fingerprint density at radius 1 is 1.27 bits per heavy atom. The number of nitrogens with zero attached hydrogens (tertiary/aromatic N) is 2. The Bertz CT molecular complexity index is 900. The summed E-state index contributed by atoms with van der Waals surface area (Å²) in [6.07, 6.45) is 0. The Hall–Kier alpha value is -2.51. The number of rotatable bonds is 7. The first kappa shape index (κ1) is 18.3. The number of para-hydroxylation sites is 1. The number of anilines is 1. The number of ether oxygens (including phenoxy) is 1. The van der Waals surface area contributed by atoms with Crippen molar-refractivity contribution in [3.8, 4) is 17.1 Å². The predicted octanol–water partition coefficient (Wildman–Crippen LogP) is 4.25. The van der Waals surface area contributed by atoms with Gasteiger partial charge in [0.1, 0.15) is 5.75 Å². The monoisotopic (exact) mass is 388 g/mol. The number of H-pyrrole nitrogens is 1. The molecule has 0 saturated carbocycles. The number of nitrogens with one attached hydrogen (secondary N) is 2. The first-order valence-electron chi connectivity index (χ1n) is 7.98. The Kier molecular flexibility index (Phi) is 6.14. The highest BCUT2D eigenvalue weighted by Crippen LogP contribution is 2.28. The van der Waals surface area contributed by atoms with Gasteiger partial charge in [-0.05, 0) is 37.3 Å². The summed E-state index contributed by atoms with van der Waals surface area (Å²) in [6, 6.07) is 14.6. The Labute approximate surface area is 160 Å². The highest BCUT2D eigenvalue weighted by molar-refractivity contribution is 7.99. The normalized spacial score (nSPS) is 10.5. The summed E-state index contributed by atoms with van der Waals surface area (Å²) in [4.78, 5) is 16.5. The molecule has 0 radical (unpaired) electrons. The largest absolute Gasteiger partial charge is 0.493 e. The van der Waals surface area contributed by atoms with E-state index in [0.717, 1.165) is 11.3 Å². The number of carbonyl (C=O) groups is 1. The molecule has 0 fully saturated rings. The fraction of sp³-hybridized carbons (Fsp3) is 0.167. The lowest BCUT2D eigenvalue weighted by atomic mass is 10.2. The highest BCUT2D eigenvalue weighted by Gasteiger charge is 2.12. The number of hydrogen-bond acceptors (Lipinski definition) is 5. The zero-order valence-corrected chi connectivity index (χ0v) is 15.6. The van der Waals surface area contributed by atoms with Crippen LogP contribution in [0.15, 0.2) is 53.7 Å². The van der Waals surface area contributed by atoms with Crippen molar-refractivity contribution in [3.05, 3.63) is 53.6 Å². The molecule has 0 aliphatic carbocycles. The number of benzene rings is 2. The Balaban J connectivity index is 1.61. The van der Waals surface area contributed by atoms with E-state index < -0.39 is 0 Å². The summed E-state index contributed by atoms with van der Waals surface area (Å²) < 4.78 is 5.61. The van der Waals surface area contributed by atoms with Crippen LogP contribution >= 0.6 is 23.4 Å². The van der Waals surface area contributed by atoms with E-state index in [0.29, 0.717) is 28.3 Å². The second-order valence-corrected chi connectivity index (χ2v) is 6.62. The standard InChI is InChI=1S/C18H17ClN4O2S/c1-2-25-15-9-4-3-8-14(15)17-21-18(23-22-17)26-11-16(24)20-13-7-5-6-12(19)10-13/h3-10H,2,11H2,1H3,(H,20,24)(H,21,22,23). The summed E-state index contributed by atoms with van der Waals surface area (Å²) in [5.41, 5.74) is 1.49. The first-order chi connectivity index (χ1) is 12.7. The summed E-state index contributed by atoms with van der Waals surface area (Å²) >= 11 is 7.15. The van der Waals surface area contributed by atoms with E-state index in [1.807, 2.05) is 31.2 Å². The number of carbonyl (C=O) groups excluding carboxylic acids is 1. The number of amides is 1. The second-order valence-electron chi connectivity index (χ2n) is 5.24. The summed E-state index contributed by atoms with van der Waals surface area (Å²) in [7, 11) is 0. The van der Waals surface area contributed by atoms with Crippen LogP contribution in [0.1, 0.15) is 6.92 Å². The quantitative estimate of drug-likeness (QED) is 0.591. The van der Waals surface area contributed by atoms with Gasteiger partial charge in [0, 0.05) is 10.7 Å². The molecule has 26 heavy (non-hydrogen) atoms. The van der Waals surface area contributed by atoms with Crippen molar-refractivity contribution in [2.45, 2.75) is 12.1 Å². The zero-order valence-electron chi connectivity index (χ0n) is 14.0. The van der Waals surface area contributed by atoms with Gasteiger partial charge in [0.15, 0.2) is 5.82 Å². The molecular formula is C18H17ClN4O2S. The molecule has 2 aromatic carbocycles. The lowest BCUT2D eigenvalue weighted by molar-refractivity contribution is -0.113. The molecule has 6 nitrogen and oxygen atoms in total. The minimum absolute atomic E-state index is 0.154.